The summed E-state index contributed by atoms with van der Waals surface area (Å²) in [4.78, 5) is 4.05. The van der Waals surface area contributed by atoms with E-state index >= 15 is 0 Å². The molecule has 0 spiro atoms. The molecule has 0 aliphatic rings. The quantitative estimate of drug-likeness (QED) is 0.808. The molecule has 74 valence electrons. The molecule has 1 aromatic heterocycles. The van der Waals surface area contributed by atoms with Gasteiger partial charge in [-0.05, 0) is 25.0 Å². The number of hydrogen-bond acceptors (Lipinski definition) is 2. The van der Waals surface area contributed by atoms with Crippen LogP contribution in [0.25, 0.3) is 0 Å². The number of nitrogens with one attached hydrogen (secondary N) is 1. The van der Waals surface area contributed by atoms with E-state index in [2.05, 4.69) is 30.2 Å². The summed E-state index contributed by atoms with van der Waals surface area (Å²) in [7, 11) is 0. The summed E-state index contributed by atoms with van der Waals surface area (Å²) >= 11 is 0. The van der Waals surface area contributed by atoms with Crippen molar-refractivity contribution in [1.29, 1.82) is 0 Å². The molecule has 0 amide bonds. The van der Waals surface area contributed by atoms with E-state index in [4.69, 9.17) is 0 Å². The third kappa shape index (κ3) is 4.86. The van der Waals surface area contributed by atoms with Crippen molar-refractivity contribution in [3.05, 3.63) is 30.1 Å². The molecule has 0 fully saturated rings. The zero-order chi connectivity index (χ0) is 8.81. The number of pyridine rings is 1. The molecule has 13 heavy (non-hydrogen) atoms. The fourth-order valence-electron chi connectivity index (χ4n) is 0.939. The summed E-state index contributed by atoms with van der Waals surface area (Å²) in [6.45, 7) is 5.29. The van der Waals surface area contributed by atoms with Gasteiger partial charge in [0.2, 0.25) is 0 Å². The third-order valence-corrected chi connectivity index (χ3v) is 1.99. The van der Waals surface area contributed by atoms with Crippen molar-refractivity contribution in [1.82, 2.24) is 10.3 Å². The highest BCUT2D eigenvalue weighted by Crippen LogP contribution is 1.96. The fourth-order valence-corrected chi connectivity index (χ4v) is 0.939. The second kappa shape index (κ2) is 6.87. The highest BCUT2D eigenvalue weighted by Gasteiger charge is 1.96. The molecule has 0 bridgehead atoms. The molecule has 1 rings (SSSR count). The van der Waals surface area contributed by atoms with Gasteiger partial charge >= 0.3 is 0 Å². The first-order valence-electron chi connectivity index (χ1n) is 4.45. The smallest absolute Gasteiger partial charge is 0.0312 e. The Kier molecular flexibility index (Phi) is 6.55. The average molecular weight is 201 g/mol. The Balaban J connectivity index is 0.00000144. The standard InChI is InChI=1S/C10H16N2.ClH/c1-3-9(2)12-8-10-5-4-6-11-7-10;/h4-7,9,12H,3,8H2,1-2H3;1H. The van der Waals surface area contributed by atoms with Gasteiger partial charge < -0.3 is 5.32 Å². The molecule has 0 aliphatic carbocycles. The minimum Gasteiger partial charge on any atom is -0.310 e. The minimum atomic E-state index is 0. The van der Waals surface area contributed by atoms with Crippen molar-refractivity contribution >= 4 is 12.4 Å². The molecule has 3 heteroatoms. The zero-order valence-electron chi connectivity index (χ0n) is 8.16. The van der Waals surface area contributed by atoms with Gasteiger partial charge in [-0.3, -0.25) is 4.98 Å². The summed E-state index contributed by atoms with van der Waals surface area (Å²) in [6, 6.07) is 4.64. The van der Waals surface area contributed by atoms with Gasteiger partial charge in [0.1, 0.15) is 0 Å². The van der Waals surface area contributed by atoms with Crippen molar-refractivity contribution in [2.45, 2.75) is 32.9 Å². The van der Waals surface area contributed by atoms with Gasteiger partial charge in [-0.2, -0.15) is 0 Å². The van der Waals surface area contributed by atoms with E-state index in [1.165, 1.54) is 12.0 Å². The second-order valence-corrected chi connectivity index (χ2v) is 3.05. The molecule has 0 aliphatic heterocycles. The molecule has 0 saturated heterocycles. The van der Waals surface area contributed by atoms with E-state index in [1.807, 2.05) is 12.3 Å². The van der Waals surface area contributed by atoms with Crippen LogP contribution in [0.4, 0.5) is 0 Å². The Hall–Kier alpha value is -0.600. The molecule has 0 aromatic carbocycles. The van der Waals surface area contributed by atoms with Crippen molar-refractivity contribution in [3.63, 3.8) is 0 Å². The maximum Gasteiger partial charge on any atom is 0.0312 e. The molecule has 1 N–H and O–H groups in total. The molecule has 0 saturated carbocycles. The number of aromatic nitrogens is 1. The van der Waals surface area contributed by atoms with Crippen LogP contribution in [0.3, 0.4) is 0 Å². The maximum atomic E-state index is 4.05. The van der Waals surface area contributed by atoms with Crippen LogP contribution in [0.15, 0.2) is 24.5 Å². The number of halogens is 1. The van der Waals surface area contributed by atoms with Crippen LogP contribution in [0, 0.1) is 0 Å². The van der Waals surface area contributed by atoms with Crippen LogP contribution in [0.5, 0.6) is 0 Å². The van der Waals surface area contributed by atoms with Crippen LogP contribution in [-0.4, -0.2) is 11.0 Å². The van der Waals surface area contributed by atoms with E-state index in [0.29, 0.717) is 6.04 Å². The molecule has 1 aromatic rings. The first kappa shape index (κ1) is 12.4. The lowest BCUT2D eigenvalue weighted by Gasteiger charge is -2.10. The molecule has 1 atom stereocenters. The minimum absolute atomic E-state index is 0. The predicted molar refractivity (Wildman–Crippen MR) is 58.1 cm³/mol. The van der Waals surface area contributed by atoms with E-state index in [9.17, 15) is 0 Å². The predicted octanol–water partition coefficient (Wildman–Crippen LogP) is 2.39. The Morgan fingerprint density at radius 3 is 2.85 bits per heavy atom. The van der Waals surface area contributed by atoms with Crippen LogP contribution >= 0.6 is 12.4 Å². The van der Waals surface area contributed by atoms with Crippen LogP contribution in [-0.2, 0) is 6.54 Å². The van der Waals surface area contributed by atoms with Gasteiger partial charge in [-0.25, -0.2) is 0 Å². The summed E-state index contributed by atoms with van der Waals surface area (Å²) in [5, 5.41) is 3.41. The Morgan fingerprint density at radius 2 is 2.31 bits per heavy atom. The Labute approximate surface area is 86.2 Å². The summed E-state index contributed by atoms with van der Waals surface area (Å²) in [5.74, 6) is 0. The van der Waals surface area contributed by atoms with Crippen molar-refractivity contribution in [2.75, 3.05) is 0 Å². The molecule has 2 nitrogen and oxygen atoms in total. The number of hydrogen-bond donors (Lipinski definition) is 1. The lowest BCUT2D eigenvalue weighted by molar-refractivity contribution is 0.533. The van der Waals surface area contributed by atoms with Gasteiger partial charge in [-0.15, -0.1) is 12.4 Å². The van der Waals surface area contributed by atoms with Crippen molar-refractivity contribution < 1.29 is 0 Å². The van der Waals surface area contributed by atoms with Gasteiger partial charge in [0.25, 0.3) is 0 Å². The highest BCUT2D eigenvalue weighted by atomic mass is 35.5. The zero-order valence-corrected chi connectivity index (χ0v) is 8.97. The third-order valence-electron chi connectivity index (χ3n) is 1.99. The highest BCUT2D eigenvalue weighted by molar-refractivity contribution is 5.85. The van der Waals surface area contributed by atoms with Crippen LogP contribution < -0.4 is 5.32 Å². The Morgan fingerprint density at radius 1 is 1.54 bits per heavy atom. The number of nitrogens with zero attached hydrogens (tertiary/aromatic N) is 1. The SMILES string of the molecule is CCC(C)NCc1cccnc1.Cl. The van der Waals surface area contributed by atoms with Gasteiger partial charge in [-0.1, -0.05) is 13.0 Å². The lowest BCUT2D eigenvalue weighted by atomic mass is 10.2. The molecular formula is C10H17ClN2. The van der Waals surface area contributed by atoms with E-state index in [0.717, 1.165) is 6.54 Å². The first-order chi connectivity index (χ1) is 5.83. The van der Waals surface area contributed by atoms with Gasteiger partial charge in [0, 0.05) is 25.0 Å². The average Bonchev–Trinajstić information content (AvgIpc) is 2.16. The first-order valence-corrected chi connectivity index (χ1v) is 4.45. The molecule has 0 radical (unpaired) electrons. The molecule has 1 heterocycles. The number of rotatable bonds is 4. The fraction of sp³-hybridized carbons (Fsp3) is 0.500. The van der Waals surface area contributed by atoms with Gasteiger partial charge in [0.15, 0.2) is 0 Å². The van der Waals surface area contributed by atoms with Crippen molar-refractivity contribution in [2.24, 2.45) is 0 Å². The second-order valence-electron chi connectivity index (χ2n) is 3.05. The van der Waals surface area contributed by atoms with Gasteiger partial charge in [0.05, 0.1) is 0 Å². The van der Waals surface area contributed by atoms with Crippen LogP contribution in [0.1, 0.15) is 25.8 Å². The largest absolute Gasteiger partial charge is 0.310 e. The van der Waals surface area contributed by atoms with E-state index in [-0.39, 0.29) is 12.4 Å². The maximum absolute atomic E-state index is 4.05. The van der Waals surface area contributed by atoms with E-state index < -0.39 is 0 Å². The normalized spacial score (nSPS) is 11.8. The topological polar surface area (TPSA) is 24.9 Å². The van der Waals surface area contributed by atoms with Crippen LogP contribution in [0.2, 0.25) is 0 Å². The monoisotopic (exact) mass is 200 g/mol. The molecule has 1 unspecified atom stereocenters. The molecular weight excluding hydrogens is 184 g/mol. The summed E-state index contributed by atoms with van der Waals surface area (Å²) in [5.41, 5.74) is 1.25. The summed E-state index contributed by atoms with van der Waals surface area (Å²) < 4.78 is 0. The summed E-state index contributed by atoms with van der Waals surface area (Å²) in [6.07, 6.45) is 4.86. The van der Waals surface area contributed by atoms with E-state index in [1.54, 1.807) is 6.20 Å². The van der Waals surface area contributed by atoms with Crippen molar-refractivity contribution in [3.8, 4) is 0 Å². The Bertz CT molecular complexity index is 213. The lowest BCUT2D eigenvalue weighted by Crippen LogP contribution is -2.24.